The first kappa shape index (κ1) is 28.9. The van der Waals surface area contributed by atoms with E-state index < -0.39 is 24.5 Å². The van der Waals surface area contributed by atoms with Crippen LogP contribution in [-0.4, -0.2) is 57.7 Å². The zero-order chi connectivity index (χ0) is 22.8. The average molecular weight is 562 g/mol. The number of carbonyl (C=O) groups excluding carboxylic acids is 1. The fraction of sp³-hybridized carbons (Fsp3) is 0.579. The summed E-state index contributed by atoms with van der Waals surface area (Å²) in [4.78, 5) is 15.6. The van der Waals surface area contributed by atoms with Crippen molar-refractivity contribution in [3.63, 3.8) is 0 Å². The predicted molar refractivity (Wildman–Crippen MR) is 122 cm³/mol. The van der Waals surface area contributed by atoms with Gasteiger partial charge in [-0.2, -0.15) is 13.2 Å². The third-order valence-electron chi connectivity index (χ3n) is 3.39. The summed E-state index contributed by atoms with van der Waals surface area (Å²) >= 11 is 0. The van der Waals surface area contributed by atoms with Gasteiger partial charge in [-0.15, -0.1) is 24.0 Å². The molecule has 8 nitrogen and oxygen atoms in total. The molecule has 31 heavy (non-hydrogen) atoms. The lowest BCUT2D eigenvalue weighted by molar-refractivity contribution is -0.153. The molecule has 0 spiro atoms. The first-order valence-electron chi connectivity index (χ1n) is 9.21. The summed E-state index contributed by atoms with van der Waals surface area (Å²) in [5, 5.41) is 8.70. The van der Waals surface area contributed by atoms with Crippen LogP contribution in [0, 0.1) is 0 Å². The van der Waals surface area contributed by atoms with Crippen LogP contribution in [0.25, 0.3) is 0 Å². The summed E-state index contributed by atoms with van der Waals surface area (Å²) in [6.45, 7) is 5.02. The Morgan fingerprint density at radius 2 is 1.71 bits per heavy atom. The van der Waals surface area contributed by atoms with Crippen molar-refractivity contribution < 1.29 is 32.2 Å². The Balaban J connectivity index is 0.00000900. The second-order valence-electron chi connectivity index (χ2n) is 7.17. The van der Waals surface area contributed by atoms with Crippen LogP contribution in [0.15, 0.2) is 23.2 Å². The van der Waals surface area contributed by atoms with Gasteiger partial charge in [-0.25, -0.2) is 4.79 Å². The third-order valence-corrected chi connectivity index (χ3v) is 3.39. The lowest BCUT2D eigenvalue weighted by Gasteiger charge is -2.20. The number of benzene rings is 1. The quantitative estimate of drug-likeness (QED) is 0.195. The van der Waals surface area contributed by atoms with Gasteiger partial charge in [0.1, 0.15) is 5.60 Å². The van der Waals surface area contributed by atoms with Crippen LogP contribution >= 0.6 is 24.0 Å². The summed E-state index contributed by atoms with van der Waals surface area (Å²) in [5.74, 6) is 0.690. The monoisotopic (exact) mass is 562 g/mol. The van der Waals surface area contributed by atoms with Gasteiger partial charge in [0, 0.05) is 26.7 Å². The maximum atomic E-state index is 12.3. The standard InChI is InChI=1S/C19H29F3N4O4.HI/c1-18(2,3)30-17(27)25-9-8-24-16(23-4)26-11-13-6-7-14(15(10-13)28-5)29-12-19(20,21)22;/h6-7,10H,8-9,11-12H2,1-5H3,(H,25,27)(H2,23,24,26);1H. The lowest BCUT2D eigenvalue weighted by Crippen LogP contribution is -2.42. The molecule has 3 N–H and O–H groups in total. The molecule has 0 aromatic heterocycles. The minimum absolute atomic E-state index is 0. The van der Waals surface area contributed by atoms with Crippen LogP contribution in [0.5, 0.6) is 11.5 Å². The molecule has 1 amide bonds. The number of hydrogen-bond donors (Lipinski definition) is 3. The van der Waals surface area contributed by atoms with Gasteiger partial charge in [-0.05, 0) is 38.5 Å². The van der Waals surface area contributed by atoms with E-state index in [2.05, 4.69) is 20.9 Å². The first-order valence-corrected chi connectivity index (χ1v) is 9.21. The van der Waals surface area contributed by atoms with Crippen LogP contribution in [0.3, 0.4) is 0 Å². The van der Waals surface area contributed by atoms with E-state index >= 15 is 0 Å². The molecule has 12 heteroatoms. The molecule has 0 unspecified atom stereocenters. The van der Waals surface area contributed by atoms with E-state index in [1.54, 1.807) is 40.0 Å². The molecule has 1 aromatic rings. The first-order chi connectivity index (χ1) is 13.9. The highest BCUT2D eigenvalue weighted by Crippen LogP contribution is 2.29. The fourth-order valence-corrected chi connectivity index (χ4v) is 2.17. The van der Waals surface area contributed by atoms with E-state index in [1.165, 1.54) is 13.2 Å². The van der Waals surface area contributed by atoms with E-state index in [0.717, 1.165) is 5.56 Å². The number of nitrogens with zero attached hydrogens (tertiary/aromatic N) is 1. The number of halogens is 4. The summed E-state index contributed by atoms with van der Waals surface area (Å²) in [6.07, 6.45) is -4.94. The molecule has 0 heterocycles. The number of methoxy groups -OCH3 is 1. The normalized spacial score (nSPS) is 11.8. The Kier molecular flexibility index (Phi) is 12.4. The van der Waals surface area contributed by atoms with Gasteiger partial charge < -0.3 is 30.2 Å². The minimum Gasteiger partial charge on any atom is -0.493 e. The molecule has 178 valence electrons. The number of alkyl carbamates (subject to hydrolysis) is 1. The van der Waals surface area contributed by atoms with Crippen molar-refractivity contribution in [1.29, 1.82) is 0 Å². The number of aliphatic imine (C=N–C) groups is 1. The number of guanidine groups is 1. The molecular weight excluding hydrogens is 532 g/mol. The molecule has 0 fully saturated rings. The van der Waals surface area contributed by atoms with Crippen molar-refractivity contribution >= 4 is 36.0 Å². The van der Waals surface area contributed by atoms with Gasteiger partial charge in [-0.1, -0.05) is 6.07 Å². The second-order valence-corrected chi connectivity index (χ2v) is 7.17. The Labute approximate surface area is 197 Å². The van der Waals surface area contributed by atoms with Crippen LogP contribution in [0.4, 0.5) is 18.0 Å². The van der Waals surface area contributed by atoms with Crippen molar-refractivity contribution in [1.82, 2.24) is 16.0 Å². The highest BCUT2D eigenvalue weighted by Gasteiger charge is 2.29. The summed E-state index contributed by atoms with van der Waals surface area (Å²) in [6, 6.07) is 4.62. The van der Waals surface area contributed by atoms with E-state index in [1.807, 2.05) is 0 Å². The lowest BCUT2D eigenvalue weighted by atomic mass is 10.2. The largest absolute Gasteiger partial charge is 0.493 e. The number of rotatable bonds is 8. The fourth-order valence-electron chi connectivity index (χ4n) is 2.17. The molecule has 0 saturated carbocycles. The SMILES string of the molecule is CN=C(NCCNC(=O)OC(C)(C)C)NCc1ccc(OCC(F)(F)F)c(OC)c1.I. The number of ether oxygens (including phenoxy) is 3. The Hall–Kier alpha value is -2.12. The molecule has 1 aromatic carbocycles. The van der Waals surface area contributed by atoms with Crippen molar-refractivity contribution in [2.24, 2.45) is 4.99 Å². The van der Waals surface area contributed by atoms with Gasteiger partial charge in [0.25, 0.3) is 0 Å². The summed E-state index contributed by atoms with van der Waals surface area (Å²) < 4.78 is 52.0. The number of alkyl halides is 3. The van der Waals surface area contributed by atoms with Crippen LogP contribution < -0.4 is 25.4 Å². The van der Waals surface area contributed by atoms with Gasteiger partial charge in [0.05, 0.1) is 7.11 Å². The molecule has 0 aliphatic heterocycles. The van der Waals surface area contributed by atoms with E-state index in [4.69, 9.17) is 14.2 Å². The molecule has 0 saturated heterocycles. The summed E-state index contributed by atoms with van der Waals surface area (Å²) in [7, 11) is 2.94. The van der Waals surface area contributed by atoms with Gasteiger partial charge in [-0.3, -0.25) is 4.99 Å². The van der Waals surface area contributed by atoms with Gasteiger partial charge in [0.2, 0.25) is 0 Å². The molecule has 1 rings (SSSR count). The average Bonchev–Trinajstić information content (AvgIpc) is 2.64. The van der Waals surface area contributed by atoms with Crippen molar-refractivity contribution in [3.8, 4) is 11.5 Å². The minimum atomic E-state index is -4.43. The number of nitrogens with one attached hydrogen (secondary N) is 3. The molecule has 0 bridgehead atoms. The van der Waals surface area contributed by atoms with Crippen molar-refractivity contribution in [2.45, 2.75) is 39.1 Å². The van der Waals surface area contributed by atoms with Crippen LogP contribution in [0.2, 0.25) is 0 Å². The number of hydrogen-bond acceptors (Lipinski definition) is 5. The number of amides is 1. The maximum Gasteiger partial charge on any atom is 0.422 e. The van der Waals surface area contributed by atoms with Crippen LogP contribution in [0.1, 0.15) is 26.3 Å². The highest BCUT2D eigenvalue weighted by molar-refractivity contribution is 14.0. The third kappa shape index (κ3) is 13.0. The predicted octanol–water partition coefficient (Wildman–Crippen LogP) is 3.44. The topological polar surface area (TPSA) is 93.2 Å². The molecular formula is C19H30F3IN4O4. The molecule has 0 radical (unpaired) electrons. The van der Waals surface area contributed by atoms with E-state index in [9.17, 15) is 18.0 Å². The van der Waals surface area contributed by atoms with Crippen LogP contribution in [-0.2, 0) is 11.3 Å². The summed E-state index contributed by atoms with van der Waals surface area (Å²) in [5.41, 5.74) is 0.185. The van der Waals surface area contributed by atoms with Gasteiger partial charge >= 0.3 is 12.3 Å². The number of carbonyl (C=O) groups is 1. The zero-order valence-electron chi connectivity index (χ0n) is 18.2. The van der Waals surface area contributed by atoms with Crippen molar-refractivity contribution in [3.05, 3.63) is 23.8 Å². The van der Waals surface area contributed by atoms with Gasteiger partial charge in [0.15, 0.2) is 24.1 Å². The maximum absolute atomic E-state index is 12.3. The highest BCUT2D eigenvalue weighted by atomic mass is 127. The zero-order valence-corrected chi connectivity index (χ0v) is 20.5. The van der Waals surface area contributed by atoms with E-state index in [-0.39, 0.29) is 35.5 Å². The Morgan fingerprint density at radius 3 is 2.26 bits per heavy atom. The smallest absolute Gasteiger partial charge is 0.422 e. The van der Waals surface area contributed by atoms with E-state index in [0.29, 0.717) is 25.6 Å². The Morgan fingerprint density at radius 1 is 1.06 bits per heavy atom. The Bertz CT molecular complexity index is 725. The van der Waals surface area contributed by atoms with Crippen molar-refractivity contribution in [2.75, 3.05) is 33.9 Å². The second kappa shape index (κ2) is 13.3. The molecule has 0 aliphatic carbocycles. The molecule has 0 atom stereocenters. The molecule has 0 aliphatic rings.